The van der Waals surface area contributed by atoms with Crippen LogP contribution in [0.5, 0.6) is 0 Å². The van der Waals surface area contributed by atoms with E-state index in [4.69, 9.17) is 9.47 Å². The normalized spacial score (nSPS) is 10.1. The van der Waals surface area contributed by atoms with E-state index in [1.54, 1.807) is 0 Å². The molecule has 0 aliphatic carbocycles. The third kappa shape index (κ3) is 14.9. The Morgan fingerprint density at radius 1 is 0.778 bits per heavy atom. The number of amides is 2. The van der Waals surface area contributed by atoms with Gasteiger partial charge in [0.15, 0.2) is 0 Å². The van der Waals surface area contributed by atoms with Crippen molar-refractivity contribution in [3.8, 4) is 0 Å². The third-order valence-electron chi connectivity index (χ3n) is 2.05. The van der Waals surface area contributed by atoms with E-state index in [0.717, 1.165) is 12.8 Å². The van der Waals surface area contributed by atoms with Gasteiger partial charge in [-0.3, -0.25) is 9.59 Å². The summed E-state index contributed by atoms with van der Waals surface area (Å²) < 4.78 is 10.6. The molecule has 0 heterocycles. The second-order valence-electron chi connectivity index (χ2n) is 3.90. The van der Waals surface area contributed by atoms with E-state index < -0.39 is 0 Å². The first-order valence-corrected chi connectivity index (χ1v) is 6.27. The van der Waals surface area contributed by atoms with Gasteiger partial charge >= 0.3 is 0 Å². The average molecular weight is 260 g/mol. The Morgan fingerprint density at radius 3 is 1.50 bits per heavy atom. The van der Waals surface area contributed by atoms with Crippen LogP contribution in [0.15, 0.2) is 0 Å². The van der Waals surface area contributed by atoms with E-state index in [-0.39, 0.29) is 11.8 Å². The van der Waals surface area contributed by atoms with Crippen molar-refractivity contribution in [1.82, 2.24) is 10.6 Å². The van der Waals surface area contributed by atoms with Gasteiger partial charge in [-0.25, -0.2) is 0 Å². The van der Waals surface area contributed by atoms with Crippen LogP contribution in [0, 0.1) is 0 Å². The van der Waals surface area contributed by atoms with Crippen LogP contribution >= 0.6 is 0 Å². The first-order valence-electron chi connectivity index (χ1n) is 6.27. The van der Waals surface area contributed by atoms with E-state index in [0.29, 0.717) is 39.5 Å². The lowest BCUT2D eigenvalue weighted by Gasteiger charge is -2.06. The largest absolute Gasteiger partial charge is 0.379 e. The molecular formula is C12H24N2O4. The van der Waals surface area contributed by atoms with E-state index in [1.165, 1.54) is 13.8 Å². The number of carbonyl (C=O) groups is 2. The van der Waals surface area contributed by atoms with Crippen molar-refractivity contribution < 1.29 is 19.1 Å². The van der Waals surface area contributed by atoms with E-state index in [1.807, 2.05) is 0 Å². The van der Waals surface area contributed by atoms with Crippen molar-refractivity contribution >= 4 is 11.8 Å². The number of ether oxygens (including phenoxy) is 2. The molecule has 0 bridgehead atoms. The van der Waals surface area contributed by atoms with Crippen molar-refractivity contribution in [3.63, 3.8) is 0 Å². The van der Waals surface area contributed by atoms with Gasteiger partial charge in [-0.1, -0.05) is 0 Å². The Morgan fingerprint density at radius 2 is 1.17 bits per heavy atom. The topological polar surface area (TPSA) is 76.7 Å². The zero-order valence-electron chi connectivity index (χ0n) is 11.3. The molecule has 0 atom stereocenters. The van der Waals surface area contributed by atoms with Crippen molar-refractivity contribution in [1.29, 1.82) is 0 Å². The minimum absolute atomic E-state index is 0.0162. The molecule has 0 saturated carbocycles. The molecule has 6 heteroatoms. The van der Waals surface area contributed by atoms with Crippen LogP contribution in [0.3, 0.4) is 0 Å². The molecule has 0 aromatic rings. The van der Waals surface area contributed by atoms with Crippen LogP contribution in [-0.2, 0) is 19.1 Å². The van der Waals surface area contributed by atoms with Crippen LogP contribution < -0.4 is 10.6 Å². The van der Waals surface area contributed by atoms with Gasteiger partial charge in [-0.15, -0.1) is 0 Å². The zero-order chi connectivity index (χ0) is 13.6. The lowest BCUT2D eigenvalue weighted by atomic mass is 10.4. The highest BCUT2D eigenvalue weighted by Gasteiger charge is 1.93. The lowest BCUT2D eigenvalue weighted by molar-refractivity contribution is -0.119. The zero-order valence-corrected chi connectivity index (χ0v) is 11.3. The Balaban J connectivity index is 2.99. The number of hydrogen-bond acceptors (Lipinski definition) is 4. The number of carbonyl (C=O) groups excluding carboxylic acids is 2. The highest BCUT2D eigenvalue weighted by atomic mass is 16.5. The van der Waals surface area contributed by atoms with Crippen molar-refractivity contribution in [2.24, 2.45) is 0 Å². The number of rotatable bonds is 11. The Labute approximate surface area is 108 Å². The molecule has 0 aromatic heterocycles. The van der Waals surface area contributed by atoms with Gasteiger partial charge < -0.3 is 20.1 Å². The first-order chi connectivity index (χ1) is 8.63. The summed E-state index contributed by atoms with van der Waals surface area (Å²) in [5, 5.41) is 5.39. The van der Waals surface area contributed by atoms with Crippen molar-refractivity contribution in [2.75, 3.05) is 39.5 Å². The molecule has 0 spiro atoms. The van der Waals surface area contributed by atoms with Gasteiger partial charge in [0.25, 0.3) is 0 Å². The second kappa shape index (κ2) is 12.3. The van der Waals surface area contributed by atoms with Gasteiger partial charge in [0.1, 0.15) is 0 Å². The van der Waals surface area contributed by atoms with Gasteiger partial charge in [0.2, 0.25) is 11.8 Å². The average Bonchev–Trinajstić information content (AvgIpc) is 2.29. The monoisotopic (exact) mass is 260 g/mol. The molecule has 0 radical (unpaired) electrons. The van der Waals surface area contributed by atoms with Crippen LogP contribution in [0.4, 0.5) is 0 Å². The SMILES string of the molecule is CC(=O)NCCCOCCOCCCNC(C)=O. The Hall–Kier alpha value is -1.14. The van der Waals surface area contributed by atoms with Crippen LogP contribution in [0.1, 0.15) is 26.7 Å². The van der Waals surface area contributed by atoms with Crippen LogP contribution in [0.25, 0.3) is 0 Å². The minimum Gasteiger partial charge on any atom is -0.379 e. The lowest BCUT2D eigenvalue weighted by Crippen LogP contribution is -2.22. The minimum atomic E-state index is -0.0162. The van der Waals surface area contributed by atoms with E-state index >= 15 is 0 Å². The summed E-state index contributed by atoms with van der Waals surface area (Å²) >= 11 is 0. The summed E-state index contributed by atoms with van der Waals surface area (Å²) in [6.07, 6.45) is 1.62. The molecule has 2 amide bonds. The molecule has 0 unspecified atom stereocenters. The molecule has 0 aliphatic heterocycles. The maximum Gasteiger partial charge on any atom is 0.216 e. The van der Waals surface area contributed by atoms with Gasteiger partial charge in [-0.2, -0.15) is 0 Å². The quantitative estimate of drug-likeness (QED) is 0.516. The summed E-state index contributed by atoms with van der Waals surface area (Å²) in [5.74, 6) is -0.0324. The molecule has 0 aromatic carbocycles. The molecule has 0 saturated heterocycles. The van der Waals surface area contributed by atoms with Crippen LogP contribution in [0.2, 0.25) is 0 Å². The smallest absolute Gasteiger partial charge is 0.216 e. The molecule has 18 heavy (non-hydrogen) atoms. The highest BCUT2D eigenvalue weighted by molar-refractivity contribution is 5.72. The van der Waals surface area contributed by atoms with E-state index in [9.17, 15) is 9.59 Å². The Kier molecular flexibility index (Phi) is 11.5. The maximum atomic E-state index is 10.5. The third-order valence-corrected chi connectivity index (χ3v) is 2.05. The standard InChI is InChI=1S/C12H24N2O4/c1-11(15)13-5-3-7-17-9-10-18-8-4-6-14-12(2)16/h3-10H2,1-2H3,(H,13,15)(H,14,16). The number of hydrogen-bond donors (Lipinski definition) is 2. The predicted molar refractivity (Wildman–Crippen MR) is 68.2 cm³/mol. The van der Waals surface area contributed by atoms with Crippen molar-refractivity contribution in [2.45, 2.75) is 26.7 Å². The predicted octanol–water partition coefficient (Wildman–Crippen LogP) is 0.0720. The summed E-state index contributed by atoms with van der Waals surface area (Å²) in [6.45, 7) is 6.64. The van der Waals surface area contributed by atoms with Crippen LogP contribution in [-0.4, -0.2) is 51.3 Å². The summed E-state index contributed by atoms with van der Waals surface area (Å²) in [7, 11) is 0. The van der Waals surface area contributed by atoms with Crippen molar-refractivity contribution in [3.05, 3.63) is 0 Å². The summed E-state index contributed by atoms with van der Waals surface area (Å²) in [6, 6.07) is 0. The highest BCUT2D eigenvalue weighted by Crippen LogP contribution is 1.85. The second-order valence-corrected chi connectivity index (χ2v) is 3.90. The summed E-state index contributed by atoms with van der Waals surface area (Å²) in [4.78, 5) is 21.1. The molecule has 0 fully saturated rings. The van der Waals surface area contributed by atoms with Gasteiger partial charge in [-0.05, 0) is 12.8 Å². The number of nitrogens with one attached hydrogen (secondary N) is 2. The van der Waals surface area contributed by atoms with Gasteiger partial charge in [0.05, 0.1) is 13.2 Å². The maximum absolute atomic E-state index is 10.5. The fourth-order valence-corrected chi connectivity index (χ4v) is 1.20. The fourth-order valence-electron chi connectivity index (χ4n) is 1.20. The molecule has 2 N–H and O–H groups in total. The van der Waals surface area contributed by atoms with E-state index in [2.05, 4.69) is 10.6 Å². The Bertz CT molecular complexity index is 210. The summed E-state index contributed by atoms with van der Waals surface area (Å²) in [5.41, 5.74) is 0. The molecule has 0 rings (SSSR count). The van der Waals surface area contributed by atoms with Gasteiger partial charge in [0, 0.05) is 40.2 Å². The molecular weight excluding hydrogens is 236 g/mol. The molecule has 6 nitrogen and oxygen atoms in total. The first kappa shape index (κ1) is 16.9. The molecule has 0 aliphatic rings. The fraction of sp³-hybridized carbons (Fsp3) is 0.833. The molecule has 106 valence electrons.